The lowest BCUT2D eigenvalue weighted by Gasteiger charge is -2.26. The molecule has 1 fully saturated rings. The van der Waals surface area contributed by atoms with Gasteiger partial charge in [0.2, 0.25) is 5.91 Å². The maximum Gasteiger partial charge on any atom is 0.227 e. The third-order valence-electron chi connectivity index (χ3n) is 4.14. The van der Waals surface area contributed by atoms with Gasteiger partial charge in [0.1, 0.15) is 0 Å². The number of hydrogen-bond acceptors (Lipinski definition) is 2. The number of amides is 1. The number of hydrogen-bond donors (Lipinski definition) is 2. The van der Waals surface area contributed by atoms with Crippen molar-refractivity contribution in [3.05, 3.63) is 0 Å². The Balaban J connectivity index is 2.40. The summed E-state index contributed by atoms with van der Waals surface area (Å²) in [6.45, 7) is 7.44. The molecule has 1 atom stereocenters. The van der Waals surface area contributed by atoms with E-state index in [-0.39, 0.29) is 11.3 Å². The third kappa shape index (κ3) is 2.97. The second-order valence-electron chi connectivity index (χ2n) is 5.55. The molecule has 94 valence electrons. The molecule has 1 unspecified atom stereocenters. The molecule has 1 saturated carbocycles. The van der Waals surface area contributed by atoms with Crippen LogP contribution < -0.4 is 11.1 Å². The van der Waals surface area contributed by atoms with E-state index in [1.54, 1.807) is 0 Å². The fourth-order valence-corrected chi connectivity index (χ4v) is 2.10. The first-order chi connectivity index (χ1) is 7.52. The molecule has 3 N–H and O–H groups in total. The van der Waals surface area contributed by atoms with E-state index in [1.165, 1.54) is 25.7 Å². The van der Waals surface area contributed by atoms with Gasteiger partial charge >= 0.3 is 0 Å². The summed E-state index contributed by atoms with van der Waals surface area (Å²) in [5.41, 5.74) is 5.71. The van der Waals surface area contributed by atoms with Crippen molar-refractivity contribution in [3.8, 4) is 0 Å². The van der Waals surface area contributed by atoms with Crippen molar-refractivity contribution in [3.63, 3.8) is 0 Å². The van der Waals surface area contributed by atoms with Crippen molar-refractivity contribution in [2.75, 3.05) is 13.1 Å². The van der Waals surface area contributed by atoms with Crippen LogP contribution in [0, 0.1) is 10.8 Å². The number of rotatable bonds is 7. The molecular formula is C13H26N2O. The first-order valence-electron chi connectivity index (χ1n) is 6.50. The lowest BCUT2D eigenvalue weighted by molar-refractivity contribution is -0.130. The van der Waals surface area contributed by atoms with Gasteiger partial charge in [-0.3, -0.25) is 4.79 Å². The normalized spacial score (nSPS) is 21.2. The monoisotopic (exact) mass is 226 g/mol. The SMILES string of the molecule is CCCC1(CNC(=O)C(C)(CC)CN)CC1. The molecule has 0 aromatic carbocycles. The standard InChI is InChI=1S/C13H26N2O/c1-4-6-13(7-8-13)10-15-11(16)12(3,5-2)9-14/h4-10,14H2,1-3H3,(H,15,16). The van der Waals surface area contributed by atoms with E-state index >= 15 is 0 Å². The van der Waals surface area contributed by atoms with Crippen LogP contribution in [-0.2, 0) is 4.79 Å². The summed E-state index contributed by atoms with van der Waals surface area (Å²) in [5, 5.41) is 3.09. The summed E-state index contributed by atoms with van der Waals surface area (Å²) in [7, 11) is 0. The highest BCUT2D eigenvalue weighted by Gasteiger charge is 2.42. The van der Waals surface area contributed by atoms with Crippen LogP contribution in [0.2, 0.25) is 0 Å². The Hall–Kier alpha value is -0.570. The quantitative estimate of drug-likeness (QED) is 0.698. The Morgan fingerprint density at radius 1 is 1.44 bits per heavy atom. The van der Waals surface area contributed by atoms with Crippen LogP contribution in [0.1, 0.15) is 52.9 Å². The predicted octanol–water partition coefficient (Wildman–Crippen LogP) is 2.06. The third-order valence-corrected chi connectivity index (χ3v) is 4.14. The van der Waals surface area contributed by atoms with E-state index in [0.717, 1.165) is 13.0 Å². The van der Waals surface area contributed by atoms with Crippen molar-refractivity contribution in [1.29, 1.82) is 0 Å². The van der Waals surface area contributed by atoms with Crippen LogP contribution in [-0.4, -0.2) is 19.0 Å². The van der Waals surface area contributed by atoms with E-state index in [0.29, 0.717) is 12.0 Å². The van der Waals surface area contributed by atoms with Crippen molar-refractivity contribution in [1.82, 2.24) is 5.32 Å². The zero-order chi connectivity index (χ0) is 12.2. The average Bonchev–Trinajstić information content (AvgIpc) is 3.06. The molecule has 0 aromatic heterocycles. The zero-order valence-corrected chi connectivity index (χ0v) is 10.9. The van der Waals surface area contributed by atoms with E-state index in [4.69, 9.17) is 5.73 Å². The van der Waals surface area contributed by atoms with Crippen molar-refractivity contribution >= 4 is 5.91 Å². The first kappa shape index (κ1) is 13.5. The van der Waals surface area contributed by atoms with Crippen LogP contribution in [0.15, 0.2) is 0 Å². The molecule has 1 aliphatic carbocycles. The Kier molecular flexibility index (Phi) is 4.36. The Morgan fingerprint density at radius 2 is 2.06 bits per heavy atom. The minimum Gasteiger partial charge on any atom is -0.355 e. The Labute approximate surface area is 99.2 Å². The van der Waals surface area contributed by atoms with Crippen LogP contribution in [0.4, 0.5) is 0 Å². The van der Waals surface area contributed by atoms with Gasteiger partial charge in [-0.1, -0.05) is 20.3 Å². The molecule has 3 heteroatoms. The second-order valence-corrected chi connectivity index (χ2v) is 5.55. The Morgan fingerprint density at radius 3 is 2.44 bits per heavy atom. The summed E-state index contributed by atoms with van der Waals surface area (Å²) in [6.07, 6.45) is 5.78. The van der Waals surface area contributed by atoms with Gasteiger partial charge in [-0.25, -0.2) is 0 Å². The highest BCUT2D eigenvalue weighted by molar-refractivity contribution is 5.82. The molecule has 0 spiro atoms. The smallest absolute Gasteiger partial charge is 0.227 e. The molecule has 0 saturated heterocycles. The lowest BCUT2D eigenvalue weighted by Crippen LogP contribution is -2.45. The molecule has 1 aliphatic rings. The predicted molar refractivity (Wildman–Crippen MR) is 67.0 cm³/mol. The molecule has 1 rings (SSSR count). The van der Waals surface area contributed by atoms with Gasteiger partial charge in [0, 0.05) is 13.1 Å². The van der Waals surface area contributed by atoms with Gasteiger partial charge < -0.3 is 11.1 Å². The topological polar surface area (TPSA) is 55.1 Å². The maximum absolute atomic E-state index is 12.0. The largest absolute Gasteiger partial charge is 0.355 e. The lowest BCUT2D eigenvalue weighted by atomic mass is 9.86. The molecule has 0 heterocycles. The molecule has 0 radical (unpaired) electrons. The highest BCUT2D eigenvalue weighted by Crippen LogP contribution is 2.49. The summed E-state index contributed by atoms with van der Waals surface area (Å²) >= 11 is 0. The van der Waals surface area contributed by atoms with Crippen LogP contribution in [0.25, 0.3) is 0 Å². The molecule has 0 aromatic rings. The number of nitrogens with two attached hydrogens (primary N) is 1. The summed E-state index contributed by atoms with van der Waals surface area (Å²) in [6, 6.07) is 0. The van der Waals surface area contributed by atoms with Crippen molar-refractivity contribution < 1.29 is 4.79 Å². The minimum absolute atomic E-state index is 0.125. The zero-order valence-electron chi connectivity index (χ0n) is 10.9. The van der Waals surface area contributed by atoms with E-state index in [9.17, 15) is 4.79 Å². The summed E-state index contributed by atoms with van der Waals surface area (Å²) < 4.78 is 0. The molecular weight excluding hydrogens is 200 g/mol. The Bertz CT molecular complexity index is 242. The summed E-state index contributed by atoms with van der Waals surface area (Å²) in [4.78, 5) is 12.0. The minimum atomic E-state index is -0.387. The van der Waals surface area contributed by atoms with E-state index in [2.05, 4.69) is 12.2 Å². The van der Waals surface area contributed by atoms with E-state index < -0.39 is 0 Å². The second kappa shape index (κ2) is 5.17. The molecule has 1 amide bonds. The highest BCUT2D eigenvalue weighted by atomic mass is 16.2. The van der Waals surface area contributed by atoms with Gasteiger partial charge in [0.05, 0.1) is 5.41 Å². The average molecular weight is 226 g/mol. The van der Waals surface area contributed by atoms with Crippen LogP contribution >= 0.6 is 0 Å². The van der Waals surface area contributed by atoms with Gasteiger partial charge in [0.15, 0.2) is 0 Å². The number of carbonyl (C=O) groups is 1. The van der Waals surface area contributed by atoms with E-state index in [1.807, 2.05) is 13.8 Å². The first-order valence-corrected chi connectivity index (χ1v) is 6.50. The summed E-state index contributed by atoms with van der Waals surface area (Å²) in [5.74, 6) is 0.125. The van der Waals surface area contributed by atoms with Gasteiger partial charge in [-0.05, 0) is 38.0 Å². The van der Waals surface area contributed by atoms with Crippen LogP contribution in [0.3, 0.4) is 0 Å². The van der Waals surface area contributed by atoms with Gasteiger partial charge in [-0.15, -0.1) is 0 Å². The van der Waals surface area contributed by atoms with Crippen molar-refractivity contribution in [2.24, 2.45) is 16.6 Å². The van der Waals surface area contributed by atoms with Gasteiger partial charge in [-0.2, -0.15) is 0 Å². The maximum atomic E-state index is 12.0. The number of nitrogens with one attached hydrogen (secondary N) is 1. The number of carbonyl (C=O) groups excluding carboxylic acids is 1. The van der Waals surface area contributed by atoms with Crippen molar-refractivity contribution in [2.45, 2.75) is 52.9 Å². The molecule has 0 aliphatic heterocycles. The fraction of sp³-hybridized carbons (Fsp3) is 0.923. The van der Waals surface area contributed by atoms with Crippen LogP contribution in [0.5, 0.6) is 0 Å². The van der Waals surface area contributed by atoms with Gasteiger partial charge in [0.25, 0.3) is 0 Å². The molecule has 0 bridgehead atoms. The molecule has 16 heavy (non-hydrogen) atoms. The molecule has 3 nitrogen and oxygen atoms in total. The fourth-order valence-electron chi connectivity index (χ4n) is 2.10.